The molecule has 5 heteroatoms. The molecule has 3 nitrogen and oxygen atoms in total. The quantitative estimate of drug-likeness (QED) is 0.791. The Labute approximate surface area is 130 Å². The van der Waals surface area contributed by atoms with Crippen LogP contribution in [0.4, 0.5) is 5.82 Å². The van der Waals surface area contributed by atoms with Crippen LogP contribution in [0.5, 0.6) is 0 Å². The molecule has 2 aliphatic heterocycles. The van der Waals surface area contributed by atoms with Gasteiger partial charge in [-0.25, -0.2) is 4.98 Å². The molecule has 0 saturated carbocycles. The van der Waals surface area contributed by atoms with Gasteiger partial charge in [0.05, 0.1) is 9.92 Å². The maximum atomic E-state index is 6.24. The van der Waals surface area contributed by atoms with Crippen LogP contribution >= 0.6 is 23.4 Å². The van der Waals surface area contributed by atoms with Gasteiger partial charge in [-0.05, 0) is 32.8 Å². The summed E-state index contributed by atoms with van der Waals surface area (Å²) in [5.74, 6) is 2.31. The molecule has 0 radical (unpaired) electrons. The zero-order valence-electron chi connectivity index (χ0n) is 12.4. The summed E-state index contributed by atoms with van der Waals surface area (Å²) in [6.45, 7) is 10.0. The molecule has 1 atom stereocenters. The molecule has 1 fully saturated rings. The zero-order chi connectivity index (χ0) is 14.3. The summed E-state index contributed by atoms with van der Waals surface area (Å²) < 4.78 is 0. The topological polar surface area (TPSA) is 19.4 Å². The van der Waals surface area contributed by atoms with Crippen molar-refractivity contribution in [2.45, 2.75) is 44.2 Å². The van der Waals surface area contributed by atoms with E-state index in [1.54, 1.807) is 0 Å². The Balaban J connectivity index is 1.93. The summed E-state index contributed by atoms with van der Waals surface area (Å²) in [6.07, 6.45) is 3.04. The largest absolute Gasteiger partial charge is 0.350 e. The Morgan fingerprint density at radius 2 is 2.20 bits per heavy atom. The van der Waals surface area contributed by atoms with Crippen molar-refractivity contribution < 1.29 is 0 Å². The zero-order valence-corrected chi connectivity index (χ0v) is 14.0. The first-order chi connectivity index (χ1) is 9.58. The highest BCUT2D eigenvalue weighted by molar-refractivity contribution is 7.99. The number of halogens is 1. The second-order valence-corrected chi connectivity index (χ2v) is 7.47. The fraction of sp³-hybridized carbons (Fsp3) is 0.667. The average Bonchev–Trinajstić information content (AvgIpc) is 2.61. The van der Waals surface area contributed by atoms with Crippen molar-refractivity contribution in [3.63, 3.8) is 0 Å². The van der Waals surface area contributed by atoms with Gasteiger partial charge in [-0.1, -0.05) is 11.6 Å². The Hall–Kier alpha value is -0.450. The highest BCUT2D eigenvalue weighted by atomic mass is 35.5. The van der Waals surface area contributed by atoms with Crippen LogP contribution in [0.3, 0.4) is 0 Å². The van der Waals surface area contributed by atoms with E-state index in [1.165, 1.54) is 16.9 Å². The molecule has 1 saturated heterocycles. The minimum absolute atomic E-state index is 0.591. The van der Waals surface area contributed by atoms with Crippen molar-refractivity contribution in [3.05, 3.63) is 16.8 Å². The number of fused-ring (bicyclic) bond motifs is 3. The number of aromatic nitrogens is 1. The van der Waals surface area contributed by atoms with Crippen molar-refractivity contribution in [1.29, 1.82) is 0 Å². The molecule has 0 aliphatic carbocycles. The van der Waals surface area contributed by atoms with Crippen molar-refractivity contribution in [2.75, 3.05) is 30.3 Å². The molecule has 0 bridgehead atoms. The smallest absolute Gasteiger partial charge is 0.142 e. The maximum Gasteiger partial charge on any atom is 0.142 e. The Morgan fingerprint density at radius 1 is 1.40 bits per heavy atom. The van der Waals surface area contributed by atoms with Crippen molar-refractivity contribution in [1.82, 2.24) is 9.88 Å². The van der Waals surface area contributed by atoms with Gasteiger partial charge in [-0.15, -0.1) is 11.8 Å². The number of piperazine rings is 1. The van der Waals surface area contributed by atoms with Gasteiger partial charge in [0.2, 0.25) is 0 Å². The van der Waals surface area contributed by atoms with Gasteiger partial charge in [0.1, 0.15) is 5.82 Å². The molecule has 2 aliphatic rings. The van der Waals surface area contributed by atoms with E-state index in [0.717, 1.165) is 36.2 Å². The Morgan fingerprint density at radius 3 is 2.95 bits per heavy atom. The number of pyridine rings is 1. The van der Waals surface area contributed by atoms with E-state index in [4.69, 9.17) is 11.6 Å². The van der Waals surface area contributed by atoms with E-state index in [-0.39, 0.29) is 0 Å². The summed E-state index contributed by atoms with van der Waals surface area (Å²) in [7, 11) is 0. The Bertz CT molecular complexity index is 506. The van der Waals surface area contributed by atoms with Gasteiger partial charge in [0.15, 0.2) is 0 Å². The number of nitrogens with zero attached hydrogens (tertiary/aromatic N) is 3. The highest BCUT2D eigenvalue weighted by Gasteiger charge is 2.32. The lowest BCUT2D eigenvalue weighted by molar-refractivity contribution is 0.178. The van der Waals surface area contributed by atoms with E-state index in [0.29, 0.717) is 12.1 Å². The number of hydrogen-bond donors (Lipinski definition) is 0. The second-order valence-electron chi connectivity index (χ2n) is 5.96. The van der Waals surface area contributed by atoms with Gasteiger partial charge in [-0.3, -0.25) is 4.90 Å². The lowest BCUT2D eigenvalue weighted by Crippen LogP contribution is -2.55. The minimum atomic E-state index is 0.591. The summed E-state index contributed by atoms with van der Waals surface area (Å²) in [5, 5.41) is 0.788. The van der Waals surface area contributed by atoms with Gasteiger partial charge in [0.25, 0.3) is 0 Å². The minimum Gasteiger partial charge on any atom is -0.350 e. The molecule has 3 rings (SSSR count). The average molecular weight is 312 g/mol. The van der Waals surface area contributed by atoms with E-state index in [9.17, 15) is 0 Å². The standard InChI is InChI=1S/C15H22ClN3S/c1-10(2)18-5-6-19-12(9-18)4-7-20-14-11(3)13(16)8-17-15(14)19/h8,10,12H,4-7,9H2,1-3H3/t12-/m1/s1. The third-order valence-corrected chi connectivity index (χ3v) is 6.01. The van der Waals surface area contributed by atoms with Crippen LogP contribution in [0.15, 0.2) is 11.1 Å². The summed E-state index contributed by atoms with van der Waals surface area (Å²) in [6, 6.07) is 1.22. The SMILES string of the molecule is Cc1c(Cl)cnc2c1SCC[C@@H]1CN(C(C)C)CCN21. The van der Waals surface area contributed by atoms with Crippen LogP contribution in [-0.2, 0) is 0 Å². The Kier molecular flexibility index (Phi) is 4.16. The van der Waals surface area contributed by atoms with Crippen molar-refractivity contribution in [3.8, 4) is 0 Å². The van der Waals surface area contributed by atoms with Crippen LogP contribution < -0.4 is 4.90 Å². The van der Waals surface area contributed by atoms with E-state index >= 15 is 0 Å². The first-order valence-electron chi connectivity index (χ1n) is 7.36. The third-order valence-electron chi connectivity index (χ3n) is 4.42. The molecule has 1 aromatic heterocycles. The predicted octanol–water partition coefficient (Wildman–Crippen LogP) is 3.44. The van der Waals surface area contributed by atoms with Gasteiger partial charge < -0.3 is 4.90 Å². The highest BCUT2D eigenvalue weighted by Crippen LogP contribution is 2.40. The normalized spacial score (nSPS) is 23.4. The van der Waals surface area contributed by atoms with Crippen LogP contribution in [0.1, 0.15) is 25.8 Å². The van der Waals surface area contributed by atoms with E-state index < -0.39 is 0 Å². The second kappa shape index (κ2) is 5.74. The number of rotatable bonds is 1. The van der Waals surface area contributed by atoms with Crippen LogP contribution in [0.25, 0.3) is 0 Å². The maximum absolute atomic E-state index is 6.24. The lowest BCUT2D eigenvalue weighted by Gasteiger charge is -2.43. The number of thioether (sulfide) groups is 1. The molecule has 110 valence electrons. The fourth-order valence-electron chi connectivity index (χ4n) is 3.10. The molecule has 0 amide bonds. The molecule has 0 spiro atoms. The van der Waals surface area contributed by atoms with Crippen LogP contribution in [0, 0.1) is 6.92 Å². The summed E-state index contributed by atoms with van der Waals surface area (Å²) in [4.78, 5) is 11.0. The predicted molar refractivity (Wildman–Crippen MR) is 87.2 cm³/mol. The molecule has 0 unspecified atom stereocenters. The van der Waals surface area contributed by atoms with Gasteiger partial charge in [-0.2, -0.15) is 0 Å². The summed E-state index contributed by atoms with van der Waals surface area (Å²) in [5.41, 5.74) is 1.19. The number of anilines is 1. The molecule has 20 heavy (non-hydrogen) atoms. The third kappa shape index (κ3) is 2.53. The lowest BCUT2D eigenvalue weighted by atomic mass is 10.1. The van der Waals surface area contributed by atoms with Crippen LogP contribution in [-0.4, -0.2) is 47.4 Å². The van der Waals surface area contributed by atoms with Crippen molar-refractivity contribution in [2.24, 2.45) is 0 Å². The molecule has 1 aromatic rings. The van der Waals surface area contributed by atoms with Gasteiger partial charge in [0, 0.05) is 43.7 Å². The monoisotopic (exact) mass is 311 g/mol. The molecular formula is C15H22ClN3S. The first kappa shape index (κ1) is 14.5. The fourth-order valence-corrected chi connectivity index (χ4v) is 4.52. The summed E-state index contributed by atoms with van der Waals surface area (Å²) >= 11 is 8.16. The van der Waals surface area contributed by atoms with E-state index in [2.05, 4.69) is 35.6 Å². The number of hydrogen-bond acceptors (Lipinski definition) is 4. The molecule has 0 aromatic carbocycles. The molecular weight excluding hydrogens is 290 g/mol. The van der Waals surface area contributed by atoms with Crippen LogP contribution in [0.2, 0.25) is 5.02 Å². The molecule has 3 heterocycles. The first-order valence-corrected chi connectivity index (χ1v) is 8.73. The van der Waals surface area contributed by atoms with Gasteiger partial charge >= 0.3 is 0 Å². The van der Waals surface area contributed by atoms with E-state index in [1.807, 2.05) is 18.0 Å². The van der Waals surface area contributed by atoms with Crippen molar-refractivity contribution >= 4 is 29.2 Å². The molecule has 0 N–H and O–H groups in total.